The van der Waals surface area contributed by atoms with E-state index in [1.807, 2.05) is 18.2 Å². The van der Waals surface area contributed by atoms with Gasteiger partial charge in [-0.05, 0) is 25.0 Å². The van der Waals surface area contributed by atoms with Gasteiger partial charge in [0.25, 0.3) is 10.0 Å². The zero-order valence-electron chi connectivity index (χ0n) is 14.9. The molecule has 0 aliphatic carbocycles. The van der Waals surface area contributed by atoms with Gasteiger partial charge in [0.2, 0.25) is 5.03 Å². The molecule has 1 unspecified atom stereocenters. The van der Waals surface area contributed by atoms with Crippen molar-refractivity contribution in [3.05, 3.63) is 41.8 Å². The summed E-state index contributed by atoms with van der Waals surface area (Å²) in [6.07, 6.45) is 3.69. The van der Waals surface area contributed by atoms with Gasteiger partial charge in [0.15, 0.2) is 0 Å². The zero-order chi connectivity index (χ0) is 19.4. The Bertz CT molecular complexity index is 901. The van der Waals surface area contributed by atoms with E-state index in [9.17, 15) is 13.2 Å². The molecule has 1 fully saturated rings. The fourth-order valence-electron chi connectivity index (χ4n) is 3.08. The molecule has 8 nitrogen and oxygen atoms in total. The van der Waals surface area contributed by atoms with Gasteiger partial charge < -0.3 is 15.2 Å². The van der Waals surface area contributed by atoms with Gasteiger partial charge in [0.05, 0.1) is 6.33 Å². The minimum absolute atomic E-state index is 0.0779. The van der Waals surface area contributed by atoms with Crippen molar-refractivity contribution < 1.29 is 13.2 Å². The monoisotopic (exact) mass is 411 g/mol. The summed E-state index contributed by atoms with van der Waals surface area (Å²) < 4.78 is 28.9. The predicted octanol–water partition coefficient (Wildman–Crippen LogP) is 2.44. The van der Waals surface area contributed by atoms with E-state index in [1.54, 1.807) is 19.2 Å². The number of hydrogen-bond acceptors (Lipinski definition) is 4. The zero-order valence-corrected chi connectivity index (χ0v) is 16.5. The second-order valence-corrected chi connectivity index (χ2v) is 8.58. The summed E-state index contributed by atoms with van der Waals surface area (Å²) >= 11 is 6.09. The van der Waals surface area contributed by atoms with Crippen LogP contribution in [0.3, 0.4) is 0 Å². The summed E-state index contributed by atoms with van der Waals surface area (Å²) in [5, 5.41) is 5.42. The molecule has 0 saturated carbocycles. The Kier molecular flexibility index (Phi) is 6.03. The van der Waals surface area contributed by atoms with Crippen LogP contribution in [0.1, 0.15) is 19.3 Å². The number of urea groups is 1. The maximum absolute atomic E-state index is 13.0. The number of aryl methyl sites for hydroxylation is 1. The number of piperidine rings is 1. The first kappa shape index (κ1) is 19.7. The lowest BCUT2D eigenvalue weighted by atomic mass is 10.1. The number of amides is 2. The smallest absolute Gasteiger partial charge is 0.319 e. The number of nitrogens with one attached hydrogen (secondary N) is 2. The molecule has 2 heterocycles. The van der Waals surface area contributed by atoms with Gasteiger partial charge in [0, 0.05) is 31.9 Å². The summed E-state index contributed by atoms with van der Waals surface area (Å²) in [7, 11) is -2.19. The Morgan fingerprint density at radius 1 is 1.30 bits per heavy atom. The van der Waals surface area contributed by atoms with Crippen molar-refractivity contribution >= 4 is 33.3 Å². The van der Waals surface area contributed by atoms with Crippen molar-refractivity contribution in [2.24, 2.45) is 7.05 Å². The van der Waals surface area contributed by atoms with E-state index in [0.29, 0.717) is 18.7 Å². The number of aromatic nitrogens is 2. The third-order valence-electron chi connectivity index (χ3n) is 4.49. The highest BCUT2D eigenvalue weighted by molar-refractivity contribution is 7.89. The maximum Gasteiger partial charge on any atom is 0.319 e. The van der Waals surface area contributed by atoms with Crippen molar-refractivity contribution in [1.82, 2.24) is 19.2 Å². The molecule has 1 atom stereocenters. The summed E-state index contributed by atoms with van der Waals surface area (Å²) in [5.41, 5.74) is 0.670. The normalized spacial score (nSPS) is 18.2. The third kappa shape index (κ3) is 4.42. The highest BCUT2D eigenvalue weighted by Gasteiger charge is 2.36. The van der Waals surface area contributed by atoms with E-state index >= 15 is 0 Å². The van der Waals surface area contributed by atoms with Crippen molar-refractivity contribution in [1.29, 1.82) is 0 Å². The number of para-hydroxylation sites is 1. The van der Waals surface area contributed by atoms with Crippen LogP contribution in [0.15, 0.2) is 41.7 Å². The van der Waals surface area contributed by atoms with Gasteiger partial charge in [-0.3, -0.25) is 0 Å². The van der Waals surface area contributed by atoms with Crippen molar-refractivity contribution in [3.8, 4) is 0 Å². The molecule has 10 heteroatoms. The summed E-state index contributed by atoms with van der Waals surface area (Å²) in [6.45, 7) is 0.588. The number of nitrogens with zero attached hydrogens (tertiary/aromatic N) is 3. The SMILES string of the molecule is Cn1cnc(S(=O)(=O)N2CCCCC2CNC(=O)Nc2ccccc2)c1Cl. The largest absolute Gasteiger partial charge is 0.336 e. The van der Waals surface area contributed by atoms with Crippen LogP contribution in [0.4, 0.5) is 10.5 Å². The van der Waals surface area contributed by atoms with Crippen molar-refractivity contribution in [2.45, 2.75) is 30.3 Å². The van der Waals surface area contributed by atoms with Crippen LogP contribution in [0.25, 0.3) is 0 Å². The van der Waals surface area contributed by atoms with Crippen LogP contribution in [0, 0.1) is 0 Å². The topological polar surface area (TPSA) is 96.3 Å². The minimum Gasteiger partial charge on any atom is -0.336 e. The molecule has 2 N–H and O–H groups in total. The maximum atomic E-state index is 13.0. The average Bonchev–Trinajstić information content (AvgIpc) is 3.00. The second kappa shape index (κ2) is 8.28. The molecule has 1 aromatic carbocycles. The highest BCUT2D eigenvalue weighted by Crippen LogP contribution is 2.28. The predicted molar refractivity (Wildman–Crippen MR) is 103 cm³/mol. The fraction of sp³-hybridized carbons (Fsp3) is 0.412. The second-order valence-electron chi connectivity index (χ2n) is 6.42. The first-order valence-corrected chi connectivity index (χ1v) is 10.5. The number of carbonyl (C=O) groups is 1. The van der Waals surface area contributed by atoms with Crippen LogP contribution in [-0.4, -0.2) is 47.4 Å². The molecule has 0 spiro atoms. The molecule has 2 aromatic rings. The molecular formula is C17H22ClN5O3S. The highest BCUT2D eigenvalue weighted by atomic mass is 35.5. The summed E-state index contributed by atoms with van der Waals surface area (Å²) in [4.78, 5) is 16.1. The Balaban J connectivity index is 1.68. The Morgan fingerprint density at radius 3 is 2.70 bits per heavy atom. The lowest BCUT2D eigenvalue weighted by Gasteiger charge is -2.34. The van der Waals surface area contributed by atoms with Crippen LogP contribution in [0.2, 0.25) is 5.15 Å². The number of anilines is 1. The van der Waals surface area contributed by atoms with Gasteiger partial charge in [0.1, 0.15) is 5.15 Å². The van der Waals surface area contributed by atoms with E-state index in [1.165, 1.54) is 15.2 Å². The Labute approximate surface area is 163 Å². The molecule has 2 amide bonds. The van der Waals surface area contributed by atoms with E-state index in [0.717, 1.165) is 12.8 Å². The van der Waals surface area contributed by atoms with Crippen LogP contribution >= 0.6 is 11.6 Å². The molecular weight excluding hydrogens is 390 g/mol. The molecule has 146 valence electrons. The number of benzene rings is 1. The first-order chi connectivity index (χ1) is 12.9. The molecule has 1 aromatic heterocycles. The Morgan fingerprint density at radius 2 is 2.04 bits per heavy atom. The first-order valence-electron chi connectivity index (χ1n) is 8.68. The molecule has 27 heavy (non-hydrogen) atoms. The lowest BCUT2D eigenvalue weighted by Crippen LogP contribution is -2.50. The minimum atomic E-state index is -3.83. The molecule has 1 saturated heterocycles. The van der Waals surface area contributed by atoms with Gasteiger partial charge in [-0.2, -0.15) is 4.31 Å². The quantitative estimate of drug-likeness (QED) is 0.789. The molecule has 1 aliphatic rings. The molecule has 3 rings (SSSR count). The number of hydrogen-bond donors (Lipinski definition) is 2. The number of carbonyl (C=O) groups excluding carboxylic acids is 1. The third-order valence-corrected chi connectivity index (χ3v) is 6.93. The standard InChI is InChI=1S/C17H22ClN5O3S/c1-22-12-20-16(15(22)18)27(25,26)23-10-6-5-9-14(23)11-19-17(24)21-13-7-3-2-4-8-13/h2-4,7-8,12,14H,5-6,9-11H2,1H3,(H2,19,21,24). The molecule has 0 radical (unpaired) electrons. The van der Waals surface area contributed by atoms with Crippen LogP contribution in [0.5, 0.6) is 0 Å². The van der Waals surface area contributed by atoms with Gasteiger partial charge in [-0.25, -0.2) is 18.2 Å². The number of rotatable bonds is 5. The molecule has 0 bridgehead atoms. The summed E-state index contributed by atoms with van der Waals surface area (Å²) in [6, 6.07) is 8.34. The molecule has 1 aliphatic heterocycles. The van der Waals surface area contributed by atoms with E-state index < -0.39 is 10.0 Å². The lowest BCUT2D eigenvalue weighted by molar-refractivity contribution is 0.231. The van der Waals surface area contributed by atoms with Crippen LogP contribution in [-0.2, 0) is 17.1 Å². The number of imidazole rings is 1. The average molecular weight is 412 g/mol. The summed E-state index contributed by atoms with van der Waals surface area (Å²) in [5.74, 6) is 0. The van der Waals surface area contributed by atoms with E-state index in [-0.39, 0.29) is 28.8 Å². The van der Waals surface area contributed by atoms with Gasteiger partial charge in [-0.1, -0.05) is 36.2 Å². The van der Waals surface area contributed by atoms with Crippen molar-refractivity contribution in [3.63, 3.8) is 0 Å². The van der Waals surface area contributed by atoms with Gasteiger partial charge >= 0.3 is 6.03 Å². The van der Waals surface area contributed by atoms with Crippen LogP contribution < -0.4 is 10.6 Å². The van der Waals surface area contributed by atoms with Gasteiger partial charge in [-0.15, -0.1) is 0 Å². The fourth-order valence-corrected chi connectivity index (χ4v) is 5.17. The Hall–Kier alpha value is -2.10. The van der Waals surface area contributed by atoms with Crippen molar-refractivity contribution in [2.75, 3.05) is 18.4 Å². The van der Waals surface area contributed by atoms with E-state index in [4.69, 9.17) is 11.6 Å². The van der Waals surface area contributed by atoms with E-state index in [2.05, 4.69) is 15.6 Å². The number of halogens is 1. The number of sulfonamides is 1.